The average Bonchev–Trinajstić information content (AvgIpc) is 3.08. The molecule has 2 fully saturated rings. The summed E-state index contributed by atoms with van der Waals surface area (Å²) in [4.78, 5) is 23.3. The molecule has 9 heteroatoms. The van der Waals surface area contributed by atoms with E-state index < -0.39 is 10.0 Å². The van der Waals surface area contributed by atoms with E-state index in [0.29, 0.717) is 36.8 Å². The molecule has 3 heterocycles. The van der Waals surface area contributed by atoms with Crippen LogP contribution >= 0.6 is 0 Å². The van der Waals surface area contributed by atoms with E-state index in [0.717, 1.165) is 19.4 Å². The van der Waals surface area contributed by atoms with Crippen LogP contribution in [0.1, 0.15) is 19.3 Å². The molecule has 1 aromatic carbocycles. The molecule has 4 rings (SSSR count). The maximum Gasteiger partial charge on any atom is 0.235 e. The van der Waals surface area contributed by atoms with Crippen LogP contribution in [0.15, 0.2) is 42.7 Å². The predicted molar refractivity (Wildman–Crippen MR) is 108 cm³/mol. The zero-order valence-corrected chi connectivity index (χ0v) is 16.3. The number of rotatable bonds is 4. The number of nitrogens with one attached hydrogen (secondary N) is 1. The highest BCUT2D eigenvalue weighted by molar-refractivity contribution is 7.93. The van der Waals surface area contributed by atoms with Crippen LogP contribution in [0, 0.1) is 5.92 Å². The van der Waals surface area contributed by atoms with Gasteiger partial charge in [0, 0.05) is 37.7 Å². The zero-order chi connectivity index (χ0) is 19.6. The lowest BCUT2D eigenvalue weighted by Gasteiger charge is -2.31. The van der Waals surface area contributed by atoms with Crippen LogP contribution in [0.3, 0.4) is 0 Å². The number of amides is 1. The third-order valence-corrected chi connectivity index (χ3v) is 7.02. The second-order valence-electron chi connectivity index (χ2n) is 7.11. The van der Waals surface area contributed by atoms with Crippen molar-refractivity contribution in [1.29, 1.82) is 0 Å². The first-order valence-corrected chi connectivity index (χ1v) is 11.1. The molecule has 2 saturated heterocycles. The van der Waals surface area contributed by atoms with Crippen LogP contribution in [0.2, 0.25) is 0 Å². The minimum absolute atomic E-state index is 0.0397. The van der Waals surface area contributed by atoms with E-state index in [-0.39, 0.29) is 17.6 Å². The van der Waals surface area contributed by atoms with E-state index in [1.54, 1.807) is 42.7 Å². The van der Waals surface area contributed by atoms with Gasteiger partial charge in [0.15, 0.2) is 0 Å². The molecule has 2 aromatic rings. The van der Waals surface area contributed by atoms with Crippen LogP contribution < -0.4 is 14.5 Å². The molecule has 2 aliphatic rings. The summed E-state index contributed by atoms with van der Waals surface area (Å²) in [5, 5.41) is 2.95. The number of carbonyl (C=O) groups excluding carboxylic acids is 1. The van der Waals surface area contributed by atoms with E-state index in [4.69, 9.17) is 0 Å². The highest BCUT2D eigenvalue weighted by Crippen LogP contribution is 2.26. The minimum atomic E-state index is -3.20. The number of benzene rings is 1. The Bertz CT molecular complexity index is 934. The van der Waals surface area contributed by atoms with Crippen LogP contribution in [0.5, 0.6) is 0 Å². The van der Waals surface area contributed by atoms with Gasteiger partial charge >= 0.3 is 0 Å². The summed E-state index contributed by atoms with van der Waals surface area (Å²) in [6.45, 7) is 1.93. The number of sulfonamides is 1. The summed E-state index contributed by atoms with van der Waals surface area (Å²) in [7, 11) is -3.20. The quantitative estimate of drug-likeness (QED) is 0.840. The van der Waals surface area contributed by atoms with E-state index in [1.807, 2.05) is 4.90 Å². The molecule has 1 amide bonds. The monoisotopic (exact) mass is 401 g/mol. The highest BCUT2D eigenvalue weighted by Gasteiger charge is 2.29. The van der Waals surface area contributed by atoms with Crippen LogP contribution in [-0.2, 0) is 14.8 Å². The van der Waals surface area contributed by atoms with Gasteiger partial charge in [-0.1, -0.05) is 0 Å². The molecule has 0 saturated carbocycles. The lowest BCUT2D eigenvalue weighted by atomic mass is 9.97. The molecule has 28 heavy (non-hydrogen) atoms. The highest BCUT2D eigenvalue weighted by atomic mass is 32.2. The van der Waals surface area contributed by atoms with Crippen molar-refractivity contribution in [2.24, 2.45) is 5.92 Å². The van der Waals surface area contributed by atoms with Crippen molar-refractivity contribution in [1.82, 2.24) is 9.97 Å². The Morgan fingerprint density at radius 2 is 1.82 bits per heavy atom. The van der Waals surface area contributed by atoms with Gasteiger partial charge in [0.1, 0.15) is 0 Å². The molecule has 0 radical (unpaired) electrons. The number of hydrogen-bond acceptors (Lipinski definition) is 6. The molecule has 0 unspecified atom stereocenters. The van der Waals surface area contributed by atoms with Crippen molar-refractivity contribution < 1.29 is 13.2 Å². The summed E-state index contributed by atoms with van der Waals surface area (Å²) in [6, 6.07) is 8.76. The van der Waals surface area contributed by atoms with E-state index in [2.05, 4.69) is 15.3 Å². The standard InChI is InChI=1S/C19H23N5O3S/c25-18(15-4-1-11-23(14-15)19-20-9-2-10-21-19)22-16-5-7-17(8-6-16)24-12-3-13-28(24,26)27/h2,5-10,15H,1,3-4,11-14H2,(H,22,25)/t15-/m1/s1. The molecule has 1 atom stereocenters. The Kier molecular flexibility index (Phi) is 5.17. The van der Waals surface area contributed by atoms with Crippen LogP contribution in [0.4, 0.5) is 17.3 Å². The van der Waals surface area contributed by atoms with Crippen molar-refractivity contribution in [3.05, 3.63) is 42.7 Å². The average molecular weight is 401 g/mol. The topological polar surface area (TPSA) is 95.5 Å². The maximum absolute atomic E-state index is 12.7. The summed E-state index contributed by atoms with van der Waals surface area (Å²) >= 11 is 0. The van der Waals surface area contributed by atoms with Gasteiger partial charge < -0.3 is 10.2 Å². The van der Waals surface area contributed by atoms with Gasteiger partial charge in [-0.2, -0.15) is 0 Å². The molecule has 1 N–H and O–H groups in total. The van der Waals surface area contributed by atoms with E-state index >= 15 is 0 Å². The molecule has 0 spiro atoms. The van der Waals surface area contributed by atoms with Crippen molar-refractivity contribution in [3.8, 4) is 0 Å². The number of carbonyl (C=O) groups is 1. The fraction of sp³-hybridized carbons (Fsp3) is 0.421. The predicted octanol–water partition coefficient (Wildman–Crippen LogP) is 1.87. The summed E-state index contributed by atoms with van der Waals surface area (Å²) < 4.78 is 25.5. The third kappa shape index (κ3) is 3.94. The molecule has 8 nitrogen and oxygen atoms in total. The third-order valence-electron chi connectivity index (χ3n) is 5.15. The maximum atomic E-state index is 12.7. The Hall–Kier alpha value is -2.68. The Labute approximate surface area is 164 Å². The van der Waals surface area contributed by atoms with Crippen LogP contribution in [-0.4, -0.2) is 49.7 Å². The summed E-state index contributed by atoms with van der Waals surface area (Å²) in [6.07, 6.45) is 5.77. The number of nitrogens with zero attached hydrogens (tertiary/aromatic N) is 4. The first kappa shape index (κ1) is 18.7. The second-order valence-corrected chi connectivity index (χ2v) is 9.12. The lowest BCUT2D eigenvalue weighted by molar-refractivity contribution is -0.120. The second kappa shape index (κ2) is 7.75. The zero-order valence-electron chi connectivity index (χ0n) is 15.5. The number of hydrogen-bond donors (Lipinski definition) is 1. The largest absolute Gasteiger partial charge is 0.340 e. The summed E-state index contributed by atoms with van der Waals surface area (Å²) in [5.41, 5.74) is 1.30. The molecule has 0 aliphatic carbocycles. The van der Waals surface area contributed by atoms with Gasteiger partial charge in [-0.25, -0.2) is 18.4 Å². The number of piperidine rings is 1. The van der Waals surface area contributed by atoms with Gasteiger partial charge in [0.2, 0.25) is 21.9 Å². The lowest BCUT2D eigenvalue weighted by Crippen LogP contribution is -2.41. The first-order chi connectivity index (χ1) is 13.5. The molecule has 0 bridgehead atoms. The van der Waals surface area contributed by atoms with Gasteiger partial charge in [0.25, 0.3) is 0 Å². The van der Waals surface area contributed by atoms with E-state index in [1.165, 1.54) is 4.31 Å². The summed E-state index contributed by atoms with van der Waals surface area (Å²) in [5.74, 6) is 0.656. The van der Waals surface area contributed by atoms with Crippen LogP contribution in [0.25, 0.3) is 0 Å². The molecular formula is C19H23N5O3S. The van der Waals surface area contributed by atoms with Crippen molar-refractivity contribution in [2.75, 3.05) is 39.9 Å². The smallest absolute Gasteiger partial charge is 0.235 e. The fourth-order valence-corrected chi connectivity index (χ4v) is 5.28. The molecule has 2 aliphatic heterocycles. The van der Waals surface area contributed by atoms with Crippen molar-refractivity contribution >= 4 is 33.3 Å². The first-order valence-electron chi connectivity index (χ1n) is 9.46. The Balaban J connectivity index is 1.39. The molecular weight excluding hydrogens is 378 g/mol. The fourth-order valence-electron chi connectivity index (χ4n) is 3.71. The van der Waals surface area contributed by atoms with E-state index in [9.17, 15) is 13.2 Å². The Morgan fingerprint density at radius 3 is 2.50 bits per heavy atom. The van der Waals surface area contributed by atoms with Gasteiger partial charge in [0.05, 0.1) is 17.4 Å². The SMILES string of the molecule is O=C(Nc1ccc(N2CCCS2(=O)=O)cc1)[C@@H]1CCCN(c2ncccn2)C1. The van der Waals surface area contributed by atoms with Gasteiger partial charge in [-0.05, 0) is 49.6 Å². The molecule has 148 valence electrons. The van der Waals surface area contributed by atoms with Crippen molar-refractivity contribution in [3.63, 3.8) is 0 Å². The van der Waals surface area contributed by atoms with Crippen molar-refractivity contribution in [2.45, 2.75) is 19.3 Å². The number of aromatic nitrogens is 2. The normalized spacial score (nSPS) is 21.5. The van der Waals surface area contributed by atoms with Gasteiger partial charge in [-0.15, -0.1) is 0 Å². The minimum Gasteiger partial charge on any atom is -0.340 e. The van der Waals surface area contributed by atoms with Gasteiger partial charge in [-0.3, -0.25) is 9.10 Å². The molecule has 1 aromatic heterocycles. The number of anilines is 3. The Morgan fingerprint density at radius 1 is 1.07 bits per heavy atom.